The Labute approximate surface area is 107 Å². The molecule has 0 bridgehead atoms. The summed E-state index contributed by atoms with van der Waals surface area (Å²) in [4.78, 5) is 13.9. The third-order valence-electron chi connectivity index (χ3n) is 2.91. The first-order chi connectivity index (χ1) is 8.84. The van der Waals surface area contributed by atoms with E-state index in [2.05, 4.69) is 19.2 Å². The molecule has 1 aliphatic rings. The third-order valence-corrected chi connectivity index (χ3v) is 3.39. The maximum Gasteiger partial charge on any atom is 0.323 e. The molecule has 0 radical (unpaired) electrons. The number of hydrogen-bond acceptors (Lipinski definition) is 6. The standard InChI is InChI=1S/C10H11N5O2S/c16-10(12-9-6-11-18-14-9)15-4-1-2-8(15)7-3-5-17-13-7/h3,5-6,8H,1-2,4H2,(H,12,14,16)/t8-/m1/s1. The van der Waals surface area contributed by atoms with Gasteiger partial charge >= 0.3 is 6.03 Å². The number of nitrogens with one attached hydrogen (secondary N) is 1. The molecule has 2 aromatic heterocycles. The van der Waals surface area contributed by atoms with Gasteiger partial charge in [-0.05, 0) is 12.8 Å². The summed E-state index contributed by atoms with van der Waals surface area (Å²) >= 11 is 1.06. The van der Waals surface area contributed by atoms with Crippen molar-refractivity contribution in [2.75, 3.05) is 11.9 Å². The molecule has 8 heteroatoms. The van der Waals surface area contributed by atoms with Gasteiger partial charge in [0.1, 0.15) is 12.0 Å². The fourth-order valence-electron chi connectivity index (χ4n) is 2.11. The lowest BCUT2D eigenvalue weighted by atomic mass is 10.1. The highest BCUT2D eigenvalue weighted by molar-refractivity contribution is 6.99. The lowest BCUT2D eigenvalue weighted by molar-refractivity contribution is 0.204. The molecule has 18 heavy (non-hydrogen) atoms. The van der Waals surface area contributed by atoms with Crippen LogP contribution in [0.15, 0.2) is 23.0 Å². The quantitative estimate of drug-likeness (QED) is 0.896. The van der Waals surface area contributed by atoms with Gasteiger partial charge in [-0.25, -0.2) is 4.79 Å². The highest BCUT2D eigenvalue weighted by Gasteiger charge is 2.31. The first-order valence-electron chi connectivity index (χ1n) is 5.60. The Hall–Kier alpha value is -1.96. The van der Waals surface area contributed by atoms with Crippen molar-refractivity contribution in [1.82, 2.24) is 18.8 Å². The molecule has 0 unspecified atom stereocenters. The minimum Gasteiger partial charge on any atom is -0.364 e. The number of carbonyl (C=O) groups excluding carboxylic acids is 1. The fourth-order valence-corrected chi connectivity index (χ4v) is 2.49. The van der Waals surface area contributed by atoms with Crippen LogP contribution < -0.4 is 5.32 Å². The predicted molar refractivity (Wildman–Crippen MR) is 64.1 cm³/mol. The molecule has 7 nitrogen and oxygen atoms in total. The van der Waals surface area contributed by atoms with E-state index in [-0.39, 0.29) is 12.1 Å². The van der Waals surface area contributed by atoms with Gasteiger partial charge in [0.2, 0.25) is 0 Å². The number of anilines is 1. The van der Waals surface area contributed by atoms with Crippen LogP contribution in [0.2, 0.25) is 0 Å². The summed E-state index contributed by atoms with van der Waals surface area (Å²) in [7, 11) is 0. The molecule has 1 atom stereocenters. The van der Waals surface area contributed by atoms with Crippen LogP contribution in [-0.2, 0) is 0 Å². The molecule has 0 spiro atoms. The van der Waals surface area contributed by atoms with Gasteiger partial charge in [0.25, 0.3) is 0 Å². The molecule has 1 N–H and O–H groups in total. The number of carbonyl (C=O) groups is 1. The van der Waals surface area contributed by atoms with Gasteiger partial charge in [-0.3, -0.25) is 5.32 Å². The maximum atomic E-state index is 12.1. The van der Waals surface area contributed by atoms with Crippen LogP contribution in [-0.4, -0.2) is 31.4 Å². The molecular weight excluding hydrogens is 254 g/mol. The Kier molecular flexibility index (Phi) is 2.93. The molecule has 0 saturated carbocycles. The SMILES string of the molecule is O=C(Nc1cnsn1)N1CCC[C@@H]1c1ccon1. The Morgan fingerprint density at radius 3 is 3.28 bits per heavy atom. The predicted octanol–water partition coefficient (Wildman–Crippen LogP) is 1.90. The van der Waals surface area contributed by atoms with E-state index < -0.39 is 0 Å². The van der Waals surface area contributed by atoms with Gasteiger partial charge in [-0.1, -0.05) is 5.16 Å². The van der Waals surface area contributed by atoms with E-state index in [0.717, 1.165) is 30.3 Å². The van der Waals surface area contributed by atoms with Crippen molar-refractivity contribution >= 4 is 23.6 Å². The molecule has 94 valence electrons. The second kappa shape index (κ2) is 4.73. The number of amides is 2. The lowest BCUT2D eigenvalue weighted by Crippen LogP contribution is -2.34. The van der Waals surface area contributed by atoms with Gasteiger partial charge in [-0.15, -0.1) is 0 Å². The average molecular weight is 265 g/mol. The van der Waals surface area contributed by atoms with Gasteiger partial charge in [0.15, 0.2) is 5.82 Å². The van der Waals surface area contributed by atoms with Crippen LogP contribution in [0, 0.1) is 0 Å². The van der Waals surface area contributed by atoms with Crippen molar-refractivity contribution in [3.63, 3.8) is 0 Å². The summed E-state index contributed by atoms with van der Waals surface area (Å²) in [5.74, 6) is 0.482. The second-order valence-corrected chi connectivity index (χ2v) is 4.56. The van der Waals surface area contributed by atoms with E-state index >= 15 is 0 Å². The monoisotopic (exact) mass is 265 g/mol. The van der Waals surface area contributed by atoms with E-state index in [1.807, 2.05) is 0 Å². The van der Waals surface area contributed by atoms with Crippen LogP contribution in [0.3, 0.4) is 0 Å². The first kappa shape index (κ1) is 11.1. The van der Waals surface area contributed by atoms with E-state index in [9.17, 15) is 4.79 Å². The Balaban J connectivity index is 1.73. The molecule has 0 aliphatic carbocycles. The van der Waals surface area contributed by atoms with E-state index in [1.165, 1.54) is 12.5 Å². The van der Waals surface area contributed by atoms with Crippen LogP contribution in [0.4, 0.5) is 10.6 Å². The Morgan fingerprint density at radius 2 is 2.56 bits per heavy atom. The lowest BCUT2D eigenvalue weighted by Gasteiger charge is -2.22. The largest absolute Gasteiger partial charge is 0.364 e. The van der Waals surface area contributed by atoms with Gasteiger partial charge in [0.05, 0.1) is 24.0 Å². The van der Waals surface area contributed by atoms with Crippen molar-refractivity contribution in [2.45, 2.75) is 18.9 Å². The zero-order valence-corrected chi connectivity index (χ0v) is 10.3. The number of aromatic nitrogens is 3. The molecule has 3 rings (SSSR count). The van der Waals surface area contributed by atoms with Gasteiger partial charge < -0.3 is 9.42 Å². The second-order valence-electron chi connectivity index (χ2n) is 4.00. The van der Waals surface area contributed by atoms with Crippen LogP contribution in [0.25, 0.3) is 0 Å². The molecule has 1 aliphatic heterocycles. The molecule has 0 aromatic carbocycles. The fraction of sp³-hybridized carbons (Fsp3) is 0.400. The van der Waals surface area contributed by atoms with E-state index in [0.29, 0.717) is 12.4 Å². The highest BCUT2D eigenvalue weighted by Crippen LogP contribution is 2.31. The van der Waals surface area contributed by atoms with Crippen LogP contribution in [0.5, 0.6) is 0 Å². The zero-order valence-electron chi connectivity index (χ0n) is 9.44. The molecule has 2 amide bonds. The topological polar surface area (TPSA) is 84.2 Å². The van der Waals surface area contributed by atoms with Gasteiger partial charge in [-0.2, -0.15) is 8.75 Å². The normalized spacial score (nSPS) is 19.1. The molecule has 1 saturated heterocycles. The number of rotatable bonds is 2. The van der Waals surface area contributed by atoms with Crippen molar-refractivity contribution in [2.24, 2.45) is 0 Å². The Bertz CT molecular complexity index is 512. The third kappa shape index (κ3) is 2.06. The summed E-state index contributed by atoms with van der Waals surface area (Å²) < 4.78 is 12.6. The van der Waals surface area contributed by atoms with E-state index in [1.54, 1.807) is 11.0 Å². The molecule has 3 heterocycles. The van der Waals surface area contributed by atoms with E-state index in [4.69, 9.17) is 4.52 Å². The van der Waals surface area contributed by atoms with Crippen molar-refractivity contribution in [3.8, 4) is 0 Å². The number of likely N-dealkylation sites (tertiary alicyclic amines) is 1. The van der Waals surface area contributed by atoms with Crippen LogP contribution >= 0.6 is 11.7 Å². The van der Waals surface area contributed by atoms with Crippen molar-refractivity contribution < 1.29 is 9.32 Å². The van der Waals surface area contributed by atoms with Crippen LogP contribution in [0.1, 0.15) is 24.6 Å². The molecule has 2 aromatic rings. The summed E-state index contributed by atoms with van der Waals surface area (Å²) in [6.07, 6.45) is 4.91. The smallest absolute Gasteiger partial charge is 0.323 e. The first-order valence-corrected chi connectivity index (χ1v) is 6.33. The minimum atomic E-state index is -0.173. The summed E-state index contributed by atoms with van der Waals surface area (Å²) in [6, 6.07) is 1.60. The minimum absolute atomic E-state index is 0.0182. The molecule has 1 fully saturated rings. The summed E-state index contributed by atoms with van der Waals surface area (Å²) in [5.41, 5.74) is 0.791. The Morgan fingerprint density at radius 1 is 1.61 bits per heavy atom. The number of nitrogens with zero attached hydrogens (tertiary/aromatic N) is 4. The molecular formula is C10H11N5O2S. The summed E-state index contributed by atoms with van der Waals surface area (Å²) in [5, 5.41) is 6.63. The average Bonchev–Trinajstić information content (AvgIpc) is 3.11. The zero-order chi connectivity index (χ0) is 12.4. The van der Waals surface area contributed by atoms with Gasteiger partial charge in [0, 0.05) is 12.6 Å². The highest BCUT2D eigenvalue weighted by atomic mass is 32.1. The number of urea groups is 1. The summed E-state index contributed by atoms with van der Waals surface area (Å²) in [6.45, 7) is 0.709. The maximum absolute atomic E-state index is 12.1. The number of hydrogen-bond donors (Lipinski definition) is 1. The van der Waals surface area contributed by atoms with Crippen molar-refractivity contribution in [1.29, 1.82) is 0 Å². The van der Waals surface area contributed by atoms with Crippen molar-refractivity contribution in [3.05, 3.63) is 24.2 Å².